The number of nitrogens with zero attached hydrogens (tertiary/aromatic N) is 2. The molecule has 1 aliphatic carbocycles. The zero-order valence-electron chi connectivity index (χ0n) is 12.7. The van der Waals surface area contributed by atoms with Crippen LogP contribution in [0.4, 0.5) is 0 Å². The topological polar surface area (TPSA) is 104 Å². The number of carbonyl (C=O) groups excluding carboxylic acids is 2. The number of amides is 2. The van der Waals surface area contributed by atoms with Crippen LogP contribution in [0, 0.1) is 0 Å². The third-order valence-corrected chi connectivity index (χ3v) is 3.98. The first kappa shape index (κ1) is 17.4. The number of hydrogen-bond acceptors (Lipinski definition) is 4. The molecule has 0 aromatic rings. The molecule has 21 heavy (non-hydrogen) atoms. The van der Waals surface area contributed by atoms with E-state index in [-0.39, 0.29) is 18.5 Å². The van der Waals surface area contributed by atoms with Crippen molar-refractivity contribution in [3.63, 3.8) is 0 Å². The highest BCUT2D eigenvalue weighted by Crippen LogP contribution is 2.21. The fourth-order valence-electron chi connectivity index (χ4n) is 2.62. The lowest BCUT2D eigenvalue weighted by molar-refractivity contribution is -0.143. The minimum atomic E-state index is -1.13. The van der Waals surface area contributed by atoms with Gasteiger partial charge in [-0.3, -0.25) is 14.4 Å². The molecular weight excluding hydrogens is 274 g/mol. The van der Waals surface area contributed by atoms with Crippen molar-refractivity contribution in [1.82, 2.24) is 9.80 Å². The largest absolute Gasteiger partial charge is 0.481 e. The lowest BCUT2D eigenvalue weighted by Gasteiger charge is -2.32. The van der Waals surface area contributed by atoms with E-state index in [1.165, 1.54) is 18.4 Å². The van der Waals surface area contributed by atoms with Gasteiger partial charge in [-0.2, -0.15) is 0 Å². The molecule has 1 aliphatic rings. The van der Waals surface area contributed by atoms with Crippen molar-refractivity contribution in [2.75, 3.05) is 20.6 Å². The number of likely N-dealkylation sites (N-methyl/N-ethyl adjacent to an activating group) is 2. The second kappa shape index (κ2) is 7.97. The van der Waals surface area contributed by atoms with Crippen LogP contribution < -0.4 is 5.73 Å². The summed E-state index contributed by atoms with van der Waals surface area (Å²) in [4.78, 5) is 37.5. The van der Waals surface area contributed by atoms with Crippen LogP contribution in [0.5, 0.6) is 0 Å². The van der Waals surface area contributed by atoms with Gasteiger partial charge in [-0.25, -0.2) is 0 Å². The van der Waals surface area contributed by atoms with E-state index in [1.807, 2.05) is 0 Å². The van der Waals surface area contributed by atoms with Crippen molar-refractivity contribution < 1.29 is 19.5 Å². The van der Waals surface area contributed by atoms with Crippen molar-refractivity contribution in [3.05, 3.63) is 0 Å². The van der Waals surface area contributed by atoms with E-state index in [1.54, 1.807) is 11.9 Å². The summed E-state index contributed by atoms with van der Waals surface area (Å²) < 4.78 is 0. The summed E-state index contributed by atoms with van der Waals surface area (Å²) in [6.45, 7) is -0.0703. The molecule has 0 spiro atoms. The maximum absolute atomic E-state index is 12.2. The Labute approximate surface area is 125 Å². The van der Waals surface area contributed by atoms with E-state index >= 15 is 0 Å². The fraction of sp³-hybridized carbons (Fsp3) is 0.786. The molecule has 1 rings (SSSR count). The summed E-state index contributed by atoms with van der Waals surface area (Å²) in [6, 6.07) is -0.872. The Morgan fingerprint density at radius 1 is 1.19 bits per heavy atom. The Morgan fingerprint density at radius 2 is 1.76 bits per heavy atom. The van der Waals surface area contributed by atoms with Crippen molar-refractivity contribution in [2.45, 2.75) is 50.6 Å². The predicted molar refractivity (Wildman–Crippen MR) is 77.5 cm³/mol. The molecule has 0 heterocycles. The minimum absolute atomic E-state index is 0.0703. The molecule has 0 aromatic carbocycles. The fourth-order valence-corrected chi connectivity index (χ4v) is 2.62. The SMILES string of the molecule is CN(CC(=O)N(C)C1CCCCC1)C(=O)C(N)CC(=O)O. The van der Waals surface area contributed by atoms with Gasteiger partial charge >= 0.3 is 5.97 Å². The number of aliphatic carboxylic acids is 1. The third kappa shape index (κ3) is 5.34. The van der Waals surface area contributed by atoms with Crippen molar-refractivity contribution in [2.24, 2.45) is 5.73 Å². The number of rotatable bonds is 6. The number of nitrogens with two attached hydrogens (primary N) is 1. The molecule has 0 saturated heterocycles. The molecule has 120 valence electrons. The Hall–Kier alpha value is -1.63. The quantitative estimate of drug-likeness (QED) is 0.720. The van der Waals surface area contributed by atoms with Gasteiger partial charge in [0.25, 0.3) is 0 Å². The van der Waals surface area contributed by atoms with E-state index in [0.29, 0.717) is 0 Å². The molecule has 0 bridgehead atoms. The summed E-state index contributed by atoms with van der Waals surface area (Å²) in [7, 11) is 3.23. The predicted octanol–water partition coefficient (Wildman–Crippen LogP) is 0.0379. The molecule has 1 atom stereocenters. The smallest absolute Gasteiger partial charge is 0.305 e. The average molecular weight is 299 g/mol. The molecule has 0 aromatic heterocycles. The first-order valence-electron chi connectivity index (χ1n) is 7.31. The van der Waals surface area contributed by atoms with Crippen LogP contribution in [-0.4, -0.2) is 65.4 Å². The Kier molecular flexibility index (Phi) is 6.61. The average Bonchev–Trinajstić information content (AvgIpc) is 2.45. The highest BCUT2D eigenvalue weighted by molar-refractivity contribution is 5.89. The maximum atomic E-state index is 12.2. The molecule has 0 aliphatic heterocycles. The molecule has 7 heteroatoms. The van der Waals surface area contributed by atoms with Gasteiger partial charge in [0.2, 0.25) is 11.8 Å². The van der Waals surface area contributed by atoms with Crippen LogP contribution in [0.3, 0.4) is 0 Å². The van der Waals surface area contributed by atoms with Gasteiger partial charge in [0.1, 0.15) is 0 Å². The summed E-state index contributed by atoms with van der Waals surface area (Å²) >= 11 is 0. The highest BCUT2D eigenvalue weighted by atomic mass is 16.4. The molecule has 3 N–H and O–H groups in total. The van der Waals surface area contributed by atoms with Gasteiger partial charge in [-0.1, -0.05) is 19.3 Å². The van der Waals surface area contributed by atoms with Gasteiger partial charge in [0, 0.05) is 20.1 Å². The summed E-state index contributed by atoms with van der Waals surface area (Å²) in [6.07, 6.45) is 5.02. The van der Waals surface area contributed by atoms with Crippen molar-refractivity contribution >= 4 is 17.8 Å². The van der Waals surface area contributed by atoms with Crippen LogP contribution in [0.15, 0.2) is 0 Å². The summed E-state index contributed by atoms with van der Waals surface area (Å²) in [5.41, 5.74) is 5.52. The van der Waals surface area contributed by atoms with E-state index < -0.39 is 24.3 Å². The first-order chi connectivity index (χ1) is 9.82. The van der Waals surface area contributed by atoms with Crippen LogP contribution >= 0.6 is 0 Å². The molecular formula is C14H25N3O4. The molecule has 7 nitrogen and oxygen atoms in total. The molecule has 0 radical (unpaired) electrons. The molecule has 1 saturated carbocycles. The number of carboxylic acid groups (broad SMARTS) is 1. The lowest BCUT2D eigenvalue weighted by Crippen LogP contribution is -2.48. The first-order valence-corrected chi connectivity index (χ1v) is 7.31. The van der Waals surface area contributed by atoms with E-state index in [0.717, 1.165) is 25.7 Å². The van der Waals surface area contributed by atoms with Crippen molar-refractivity contribution in [3.8, 4) is 0 Å². The van der Waals surface area contributed by atoms with Crippen LogP contribution in [-0.2, 0) is 14.4 Å². The highest BCUT2D eigenvalue weighted by Gasteiger charge is 2.26. The zero-order valence-corrected chi connectivity index (χ0v) is 12.7. The van der Waals surface area contributed by atoms with Gasteiger partial charge in [-0.15, -0.1) is 0 Å². The lowest BCUT2D eigenvalue weighted by atomic mass is 9.94. The summed E-state index contributed by atoms with van der Waals surface area (Å²) in [5, 5.41) is 8.63. The van der Waals surface area contributed by atoms with Gasteiger partial charge in [-0.05, 0) is 12.8 Å². The molecule has 2 amide bonds. The van der Waals surface area contributed by atoms with Crippen LogP contribution in [0.1, 0.15) is 38.5 Å². The Bertz CT molecular complexity index is 394. The summed E-state index contributed by atoms with van der Waals surface area (Å²) in [5.74, 6) is -1.79. The second-order valence-corrected chi connectivity index (χ2v) is 5.70. The van der Waals surface area contributed by atoms with Gasteiger partial charge in [0.15, 0.2) is 0 Å². The van der Waals surface area contributed by atoms with E-state index in [9.17, 15) is 14.4 Å². The molecule has 1 unspecified atom stereocenters. The van der Waals surface area contributed by atoms with Crippen LogP contribution in [0.25, 0.3) is 0 Å². The van der Waals surface area contributed by atoms with Gasteiger partial charge in [0.05, 0.1) is 19.0 Å². The zero-order chi connectivity index (χ0) is 16.0. The van der Waals surface area contributed by atoms with Crippen LogP contribution in [0.2, 0.25) is 0 Å². The Balaban J connectivity index is 2.48. The number of hydrogen-bond donors (Lipinski definition) is 2. The maximum Gasteiger partial charge on any atom is 0.305 e. The van der Waals surface area contributed by atoms with E-state index in [4.69, 9.17) is 10.8 Å². The minimum Gasteiger partial charge on any atom is -0.481 e. The normalized spacial score (nSPS) is 17.1. The standard InChI is InChI=1S/C14H25N3O4/c1-16(14(21)11(15)8-13(19)20)9-12(18)17(2)10-6-4-3-5-7-10/h10-11H,3-9,15H2,1-2H3,(H,19,20). The Morgan fingerprint density at radius 3 is 2.29 bits per heavy atom. The number of carbonyl (C=O) groups is 3. The number of carboxylic acids is 1. The van der Waals surface area contributed by atoms with Crippen molar-refractivity contribution in [1.29, 1.82) is 0 Å². The van der Waals surface area contributed by atoms with E-state index in [2.05, 4.69) is 0 Å². The molecule has 1 fully saturated rings. The van der Waals surface area contributed by atoms with Gasteiger partial charge < -0.3 is 20.6 Å². The monoisotopic (exact) mass is 299 g/mol. The third-order valence-electron chi connectivity index (χ3n) is 3.98. The second-order valence-electron chi connectivity index (χ2n) is 5.70.